The van der Waals surface area contributed by atoms with Gasteiger partial charge < -0.3 is 5.32 Å². The van der Waals surface area contributed by atoms with Gasteiger partial charge in [-0.15, -0.1) is 0 Å². The Morgan fingerprint density at radius 3 is 2.71 bits per heavy atom. The topological polar surface area (TPSA) is 29.1 Å². The average molecular weight is 191 g/mol. The van der Waals surface area contributed by atoms with E-state index in [0.717, 1.165) is 12.1 Å². The van der Waals surface area contributed by atoms with Crippen molar-refractivity contribution in [2.45, 2.75) is 27.2 Å². The monoisotopic (exact) mass is 191 g/mol. The highest BCUT2D eigenvalue weighted by molar-refractivity contribution is 5.88. The zero-order valence-electron chi connectivity index (χ0n) is 9.00. The lowest BCUT2D eigenvalue weighted by Crippen LogP contribution is -2.06. The molecule has 2 heteroatoms. The van der Waals surface area contributed by atoms with E-state index in [-0.39, 0.29) is 5.91 Å². The summed E-state index contributed by atoms with van der Waals surface area (Å²) < 4.78 is 0. The van der Waals surface area contributed by atoms with E-state index < -0.39 is 0 Å². The summed E-state index contributed by atoms with van der Waals surface area (Å²) in [5.41, 5.74) is 2.15. The Hall–Kier alpha value is -1.31. The molecule has 14 heavy (non-hydrogen) atoms. The normalized spacial score (nSPS) is 10.3. The molecule has 76 valence electrons. The fourth-order valence-electron chi connectivity index (χ4n) is 1.45. The second kappa shape index (κ2) is 4.80. The first-order valence-electron chi connectivity index (χ1n) is 4.94. The molecule has 2 nitrogen and oxygen atoms in total. The third-order valence-corrected chi connectivity index (χ3v) is 1.89. The maximum absolute atomic E-state index is 10.8. The minimum atomic E-state index is -0.0216. The SMILES string of the molecule is CC(=O)Nc1cccc(CC(C)C)c1. The third-order valence-electron chi connectivity index (χ3n) is 1.89. The molecule has 1 N–H and O–H groups in total. The molecule has 0 bridgehead atoms. The maximum atomic E-state index is 10.8. The standard InChI is InChI=1S/C12H17NO/c1-9(2)7-11-5-4-6-12(8-11)13-10(3)14/h4-6,8-9H,7H2,1-3H3,(H,13,14). The summed E-state index contributed by atoms with van der Waals surface area (Å²) in [6.45, 7) is 5.89. The van der Waals surface area contributed by atoms with Gasteiger partial charge in [-0.2, -0.15) is 0 Å². The minimum Gasteiger partial charge on any atom is -0.326 e. The van der Waals surface area contributed by atoms with Crippen LogP contribution in [0.4, 0.5) is 5.69 Å². The summed E-state index contributed by atoms with van der Waals surface area (Å²) in [4.78, 5) is 10.8. The van der Waals surface area contributed by atoms with Gasteiger partial charge in [-0.3, -0.25) is 4.79 Å². The van der Waals surface area contributed by atoms with E-state index in [0.29, 0.717) is 5.92 Å². The van der Waals surface area contributed by atoms with Crippen LogP contribution in [0.3, 0.4) is 0 Å². The molecular weight excluding hydrogens is 174 g/mol. The highest BCUT2D eigenvalue weighted by atomic mass is 16.1. The van der Waals surface area contributed by atoms with E-state index in [4.69, 9.17) is 0 Å². The Morgan fingerprint density at radius 2 is 2.14 bits per heavy atom. The maximum Gasteiger partial charge on any atom is 0.221 e. The van der Waals surface area contributed by atoms with E-state index in [2.05, 4.69) is 25.2 Å². The third kappa shape index (κ3) is 3.60. The lowest BCUT2D eigenvalue weighted by molar-refractivity contribution is -0.114. The summed E-state index contributed by atoms with van der Waals surface area (Å²) in [5.74, 6) is 0.620. The van der Waals surface area contributed by atoms with Crippen LogP contribution in [0.5, 0.6) is 0 Å². The molecule has 0 heterocycles. The first-order chi connectivity index (χ1) is 6.58. The van der Waals surface area contributed by atoms with Crippen molar-refractivity contribution in [1.29, 1.82) is 0 Å². The molecule has 1 aromatic carbocycles. The number of amides is 1. The van der Waals surface area contributed by atoms with Crippen LogP contribution in [-0.4, -0.2) is 5.91 Å². The molecule has 1 amide bonds. The van der Waals surface area contributed by atoms with Crippen LogP contribution in [0.2, 0.25) is 0 Å². The van der Waals surface area contributed by atoms with Crippen molar-refractivity contribution >= 4 is 11.6 Å². The summed E-state index contributed by atoms with van der Waals surface area (Å²) in [6.07, 6.45) is 1.05. The van der Waals surface area contributed by atoms with Gasteiger partial charge in [-0.05, 0) is 30.0 Å². The zero-order chi connectivity index (χ0) is 10.6. The molecule has 0 unspecified atom stereocenters. The van der Waals surface area contributed by atoms with Gasteiger partial charge in [0, 0.05) is 12.6 Å². The lowest BCUT2D eigenvalue weighted by atomic mass is 10.0. The van der Waals surface area contributed by atoms with Crippen LogP contribution in [-0.2, 0) is 11.2 Å². The number of hydrogen-bond acceptors (Lipinski definition) is 1. The largest absolute Gasteiger partial charge is 0.326 e. The van der Waals surface area contributed by atoms with Gasteiger partial charge in [0.15, 0.2) is 0 Å². The van der Waals surface area contributed by atoms with Crippen LogP contribution in [0, 0.1) is 5.92 Å². The van der Waals surface area contributed by atoms with Crippen molar-refractivity contribution in [3.8, 4) is 0 Å². The Morgan fingerprint density at radius 1 is 1.43 bits per heavy atom. The van der Waals surface area contributed by atoms with E-state index >= 15 is 0 Å². The number of hydrogen-bond donors (Lipinski definition) is 1. The van der Waals surface area contributed by atoms with Crippen molar-refractivity contribution < 1.29 is 4.79 Å². The number of nitrogens with one attached hydrogen (secondary N) is 1. The summed E-state index contributed by atoms with van der Waals surface area (Å²) in [6, 6.07) is 8.00. The quantitative estimate of drug-likeness (QED) is 0.782. The predicted molar refractivity (Wildman–Crippen MR) is 59.3 cm³/mol. The van der Waals surface area contributed by atoms with Crippen molar-refractivity contribution in [2.24, 2.45) is 5.92 Å². The zero-order valence-corrected chi connectivity index (χ0v) is 9.00. The lowest BCUT2D eigenvalue weighted by Gasteiger charge is -2.07. The number of carbonyl (C=O) groups excluding carboxylic acids is 1. The molecular formula is C12H17NO. The fourth-order valence-corrected chi connectivity index (χ4v) is 1.45. The average Bonchev–Trinajstić information content (AvgIpc) is 2.01. The van der Waals surface area contributed by atoms with E-state index in [1.807, 2.05) is 18.2 Å². The first kappa shape index (κ1) is 10.8. The van der Waals surface area contributed by atoms with Gasteiger partial charge in [0.25, 0.3) is 0 Å². The van der Waals surface area contributed by atoms with E-state index in [9.17, 15) is 4.79 Å². The summed E-state index contributed by atoms with van der Waals surface area (Å²) in [7, 11) is 0. The van der Waals surface area contributed by atoms with Gasteiger partial charge in [-0.25, -0.2) is 0 Å². The van der Waals surface area contributed by atoms with Gasteiger partial charge in [0.05, 0.1) is 0 Å². The van der Waals surface area contributed by atoms with Crippen molar-refractivity contribution in [3.05, 3.63) is 29.8 Å². The van der Waals surface area contributed by atoms with Crippen LogP contribution in [0.15, 0.2) is 24.3 Å². The Balaban J connectivity index is 2.73. The minimum absolute atomic E-state index is 0.0216. The van der Waals surface area contributed by atoms with Crippen LogP contribution < -0.4 is 5.32 Å². The number of anilines is 1. The Labute approximate surface area is 85.3 Å². The molecule has 0 aliphatic carbocycles. The molecule has 0 saturated heterocycles. The second-order valence-electron chi connectivity index (χ2n) is 3.98. The molecule has 0 radical (unpaired) electrons. The number of carbonyl (C=O) groups is 1. The van der Waals surface area contributed by atoms with Gasteiger partial charge >= 0.3 is 0 Å². The molecule has 0 aliphatic heterocycles. The number of benzene rings is 1. The van der Waals surface area contributed by atoms with Gasteiger partial charge in [-0.1, -0.05) is 26.0 Å². The molecule has 0 atom stereocenters. The molecule has 0 aromatic heterocycles. The molecule has 1 aromatic rings. The van der Waals surface area contributed by atoms with Gasteiger partial charge in [0.2, 0.25) is 5.91 Å². The predicted octanol–water partition coefficient (Wildman–Crippen LogP) is 2.84. The first-order valence-corrected chi connectivity index (χ1v) is 4.94. The Kier molecular flexibility index (Phi) is 3.69. The van der Waals surface area contributed by atoms with Gasteiger partial charge in [0.1, 0.15) is 0 Å². The Bertz CT molecular complexity index is 318. The summed E-state index contributed by atoms with van der Waals surface area (Å²) >= 11 is 0. The molecule has 0 fully saturated rings. The molecule has 0 aliphatic rings. The number of rotatable bonds is 3. The van der Waals surface area contributed by atoms with Crippen LogP contribution >= 0.6 is 0 Å². The van der Waals surface area contributed by atoms with Crippen molar-refractivity contribution in [3.63, 3.8) is 0 Å². The summed E-state index contributed by atoms with van der Waals surface area (Å²) in [5, 5.41) is 2.78. The fraction of sp³-hybridized carbons (Fsp3) is 0.417. The van der Waals surface area contributed by atoms with E-state index in [1.165, 1.54) is 12.5 Å². The van der Waals surface area contributed by atoms with Crippen LogP contribution in [0.1, 0.15) is 26.3 Å². The highest BCUT2D eigenvalue weighted by Gasteiger charge is 1.99. The van der Waals surface area contributed by atoms with E-state index in [1.54, 1.807) is 0 Å². The molecule has 0 saturated carbocycles. The molecule has 1 rings (SSSR count). The second-order valence-corrected chi connectivity index (χ2v) is 3.98. The smallest absolute Gasteiger partial charge is 0.221 e. The highest BCUT2D eigenvalue weighted by Crippen LogP contribution is 2.13. The van der Waals surface area contributed by atoms with Crippen LogP contribution in [0.25, 0.3) is 0 Å². The molecule has 0 spiro atoms. The van der Waals surface area contributed by atoms with Crippen molar-refractivity contribution in [1.82, 2.24) is 0 Å². The van der Waals surface area contributed by atoms with Crippen molar-refractivity contribution in [2.75, 3.05) is 5.32 Å².